The standard InChI is InChI=1S/C24H24F3N5O2S/c1-3-35-18-10-16(15-8-6-14(7-9-15)13-4-5-13)12-29-20(18)24(33)30-17-11-19(31-32-23(17)28-2)34-22(27)21(25)26/h6-13,21-22H,3-5H2,1-2H3,(H,28,32)(H,30,31,33). The lowest BCUT2D eigenvalue weighted by atomic mass is 10.0. The number of alkyl halides is 3. The highest BCUT2D eigenvalue weighted by Gasteiger charge is 2.24. The van der Waals surface area contributed by atoms with E-state index < -0.39 is 24.6 Å². The van der Waals surface area contributed by atoms with Crippen LogP contribution in [-0.4, -0.2) is 46.7 Å². The van der Waals surface area contributed by atoms with E-state index >= 15 is 0 Å². The van der Waals surface area contributed by atoms with Crippen LogP contribution in [0.25, 0.3) is 11.1 Å². The van der Waals surface area contributed by atoms with Gasteiger partial charge in [-0.3, -0.25) is 4.79 Å². The van der Waals surface area contributed by atoms with Gasteiger partial charge in [0.05, 0.1) is 5.69 Å². The molecule has 2 heterocycles. The molecule has 2 N–H and O–H groups in total. The number of aromatic nitrogens is 3. The van der Waals surface area contributed by atoms with E-state index in [2.05, 4.69) is 54.8 Å². The van der Waals surface area contributed by atoms with Gasteiger partial charge in [-0.15, -0.1) is 22.0 Å². The Kier molecular flexibility index (Phi) is 7.74. The van der Waals surface area contributed by atoms with Crippen LogP contribution in [0.4, 0.5) is 24.7 Å². The fourth-order valence-corrected chi connectivity index (χ4v) is 4.27. The van der Waals surface area contributed by atoms with E-state index in [9.17, 15) is 18.0 Å². The molecule has 7 nitrogen and oxygen atoms in total. The van der Waals surface area contributed by atoms with Crippen molar-refractivity contribution < 1.29 is 22.7 Å². The molecule has 1 aliphatic carbocycles. The van der Waals surface area contributed by atoms with Gasteiger partial charge in [0.1, 0.15) is 5.69 Å². The number of benzene rings is 1. The molecule has 0 radical (unpaired) electrons. The molecular weight excluding hydrogens is 479 g/mol. The number of halogens is 3. The van der Waals surface area contributed by atoms with E-state index in [1.807, 2.05) is 13.0 Å². The summed E-state index contributed by atoms with van der Waals surface area (Å²) >= 11 is 1.47. The first kappa shape index (κ1) is 24.8. The SMILES string of the molecule is CCSc1cc(-c2ccc(C3CC3)cc2)cnc1C(=O)Nc1cc(OC(F)C(F)F)nnc1NC. The van der Waals surface area contributed by atoms with Gasteiger partial charge < -0.3 is 15.4 Å². The molecule has 1 unspecified atom stereocenters. The maximum Gasteiger partial charge on any atom is 0.304 e. The molecule has 1 aliphatic rings. The lowest BCUT2D eigenvalue weighted by Gasteiger charge is -2.14. The Morgan fingerprint density at radius 2 is 1.89 bits per heavy atom. The van der Waals surface area contributed by atoms with Crippen LogP contribution >= 0.6 is 11.8 Å². The molecule has 1 saturated carbocycles. The van der Waals surface area contributed by atoms with Gasteiger partial charge in [-0.1, -0.05) is 31.2 Å². The normalized spacial score (nSPS) is 14.0. The quantitative estimate of drug-likeness (QED) is 0.340. The maximum absolute atomic E-state index is 13.3. The van der Waals surface area contributed by atoms with E-state index in [-0.39, 0.29) is 17.2 Å². The van der Waals surface area contributed by atoms with E-state index in [1.165, 1.54) is 37.2 Å². The third kappa shape index (κ3) is 6.02. The van der Waals surface area contributed by atoms with Crippen LogP contribution in [0.5, 0.6) is 5.88 Å². The summed E-state index contributed by atoms with van der Waals surface area (Å²) in [6, 6.07) is 11.4. The number of pyridine rings is 1. The molecule has 1 amide bonds. The second-order valence-electron chi connectivity index (χ2n) is 7.85. The Labute approximate surface area is 204 Å². The van der Waals surface area contributed by atoms with Gasteiger partial charge >= 0.3 is 6.43 Å². The number of hydrogen-bond acceptors (Lipinski definition) is 7. The zero-order chi connectivity index (χ0) is 24.9. The molecule has 1 aromatic carbocycles. The third-order valence-electron chi connectivity index (χ3n) is 5.35. The fraction of sp³-hybridized carbons (Fsp3) is 0.333. The van der Waals surface area contributed by atoms with E-state index in [4.69, 9.17) is 0 Å². The second-order valence-corrected chi connectivity index (χ2v) is 9.16. The number of nitrogens with zero attached hydrogens (tertiary/aromatic N) is 3. The smallest absolute Gasteiger partial charge is 0.304 e. The summed E-state index contributed by atoms with van der Waals surface area (Å²) in [5.41, 5.74) is 3.50. The minimum Gasteiger partial charge on any atom is -0.436 e. The van der Waals surface area contributed by atoms with Crippen molar-refractivity contribution in [2.75, 3.05) is 23.4 Å². The van der Waals surface area contributed by atoms with Gasteiger partial charge in [0.2, 0.25) is 5.88 Å². The number of carbonyl (C=O) groups excluding carboxylic acids is 1. The highest BCUT2D eigenvalue weighted by Crippen LogP contribution is 2.40. The number of hydrogen-bond donors (Lipinski definition) is 2. The molecule has 4 rings (SSSR count). The molecule has 0 aliphatic heterocycles. The number of thioether (sulfide) groups is 1. The van der Waals surface area contributed by atoms with E-state index in [0.29, 0.717) is 16.6 Å². The summed E-state index contributed by atoms with van der Waals surface area (Å²) in [6.45, 7) is 1.97. The van der Waals surface area contributed by atoms with Gasteiger partial charge in [0.25, 0.3) is 12.3 Å². The maximum atomic E-state index is 13.3. The lowest BCUT2D eigenvalue weighted by Crippen LogP contribution is -2.21. The molecule has 184 valence electrons. The average Bonchev–Trinajstić information content (AvgIpc) is 3.70. The van der Waals surface area contributed by atoms with E-state index in [1.54, 1.807) is 6.20 Å². The first-order valence-corrected chi connectivity index (χ1v) is 12.1. The monoisotopic (exact) mass is 503 g/mol. The fourth-order valence-electron chi connectivity index (χ4n) is 3.46. The molecule has 1 fully saturated rings. The Morgan fingerprint density at radius 1 is 1.14 bits per heavy atom. The molecule has 0 saturated heterocycles. The summed E-state index contributed by atoms with van der Waals surface area (Å²) < 4.78 is 42.7. The van der Waals surface area contributed by atoms with Gasteiger partial charge in [0, 0.05) is 29.8 Å². The lowest BCUT2D eigenvalue weighted by molar-refractivity contribution is -0.0693. The predicted octanol–water partition coefficient (Wildman–Crippen LogP) is 5.76. The van der Waals surface area contributed by atoms with Crippen LogP contribution in [0, 0.1) is 0 Å². The van der Waals surface area contributed by atoms with Crippen LogP contribution in [0.3, 0.4) is 0 Å². The van der Waals surface area contributed by atoms with Crippen LogP contribution in [0.1, 0.15) is 41.7 Å². The average molecular weight is 504 g/mol. The molecular formula is C24H24F3N5O2S. The van der Waals surface area contributed by atoms with E-state index in [0.717, 1.165) is 17.2 Å². The van der Waals surface area contributed by atoms with Crippen molar-refractivity contribution in [1.82, 2.24) is 15.2 Å². The predicted molar refractivity (Wildman–Crippen MR) is 129 cm³/mol. The van der Waals surface area contributed by atoms with Crippen molar-refractivity contribution in [3.8, 4) is 17.0 Å². The largest absolute Gasteiger partial charge is 0.436 e. The van der Waals surface area contributed by atoms with Crippen molar-refractivity contribution in [2.45, 2.75) is 43.4 Å². The van der Waals surface area contributed by atoms with Gasteiger partial charge in [-0.25, -0.2) is 13.8 Å². The van der Waals surface area contributed by atoms with Crippen LogP contribution < -0.4 is 15.4 Å². The molecule has 2 aromatic heterocycles. The zero-order valence-electron chi connectivity index (χ0n) is 19.1. The van der Waals surface area contributed by atoms with Crippen molar-refractivity contribution in [3.63, 3.8) is 0 Å². The van der Waals surface area contributed by atoms with Crippen molar-refractivity contribution >= 4 is 29.2 Å². The first-order chi connectivity index (χ1) is 16.9. The van der Waals surface area contributed by atoms with Crippen molar-refractivity contribution in [2.24, 2.45) is 0 Å². The molecule has 0 spiro atoms. The Hall–Kier alpha value is -3.34. The Bertz CT molecular complexity index is 1190. The van der Waals surface area contributed by atoms with Gasteiger partial charge in [-0.2, -0.15) is 4.39 Å². The summed E-state index contributed by atoms with van der Waals surface area (Å²) in [6.07, 6.45) is -2.11. The highest BCUT2D eigenvalue weighted by atomic mass is 32.2. The summed E-state index contributed by atoms with van der Waals surface area (Å²) in [7, 11) is 1.54. The summed E-state index contributed by atoms with van der Waals surface area (Å²) in [5.74, 6) is 0.497. The van der Waals surface area contributed by atoms with Crippen molar-refractivity contribution in [3.05, 3.63) is 53.9 Å². The summed E-state index contributed by atoms with van der Waals surface area (Å²) in [4.78, 5) is 18.2. The molecule has 0 bridgehead atoms. The molecule has 1 atom stereocenters. The first-order valence-electron chi connectivity index (χ1n) is 11.1. The Balaban J connectivity index is 1.57. The minimum atomic E-state index is -3.35. The number of carbonyl (C=O) groups is 1. The second kappa shape index (κ2) is 10.9. The number of nitrogens with one attached hydrogen (secondary N) is 2. The minimum absolute atomic E-state index is 0.0814. The molecule has 11 heteroatoms. The van der Waals surface area contributed by atoms with Crippen LogP contribution in [0.15, 0.2) is 47.5 Å². The zero-order valence-corrected chi connectivity index (χ0v) is 19.9. The number of ether oxygens (including phenoxy) is 1. The topological polar surface area (TPSA) is 89.0 Å². The number of anilines is 2. The number of rotatable bonds is 10. The summed E-state index contributed by atoms with van der Waals surface area (Å²) in [5, 5.41) is 12.7. The third-order valence-corrected chi connectivity index (χ3v) is 6.26. The molecule has 35 heavy (non-hydrogen) atoms. The van der Waals surface area contributed by atoms with Gasteiger partial charge in [0.15, 0.2) is 5.82 Å². The van der Waals surface area contributed by atoms with Crippen LogP contribution in [-0.2, 0) is 0 Å². The molecule has 3 aromatic rings. The number of amides is 1. The van der Waals surface area contributed by atoms with Crippen molar-refractivity contribution in [1.29, 1.82) is 0 Å². The highest BCUT2D eigenvalue weighted by molar-refractivity contribution is 7.99. The van der Waals surface area contributed by atoms with Gasteiger partial charge in [-0.05, 0) is 41.7 Å². The Morgan fingerprint density at radius 3 is 2.51 bits per heavy atom. The van der Waals surface area contributed by atoms with Crippen LogP contribution in [0.2, 0.25) is 0 Å².